The summed E-state index contributed by atoms with van der Waals surface area (Å²) < 4.78 is 17.0. The Morgan fingerprint density at radius 3 is 0.722 bits per heavy atom. The molecule has 0 N–H and O–H groups in total. The highest BCUT2D eigenvalue weighted by atomic mass is 16.6. The van der Waals surface area contributed by atoms with Gasteiger partial charge in [0.05, 0.1) is 0 Å². The van der Waals surface area contributed by atoms with Crippen molar-refractivity contribution >= 4 is 17.9 Å². The maximum absolute atomic E-state index is 13.0. The molecular formula is C73H132O6. The van der Waals surface area contributed by atoms with Gasteiger partial charge in [-0.3, -0.25) is 14.4 Å². The third-order valence-electron chi connectivity index (χ3n) is 15.5. The monoisotopic (exact) mass is 1110 g/mol. The van der Waals surface area contributed by atoms with Crippen LogP contribution in [0.1, 0.15) is 367 Å². The van der Waals surface area contributed by atoms with E-state index in [-0.39, 0.29) is 31.1 Å². The van der Waals surface area contributed by atoms with Gasteiger partial charge in [0.25, 0.3) is 0 Å². The van der Waals surface area contributed by atoms with Crippen LogP contribution in [0.3, 0.4) is 0 Å². The second-order valence-electron chi connectivity index (χ2n) is 23.4. The minimum Gasteiger partial charge on any atom is -0.462 e. The molecule has 0 radical (unpaired) electrons. The number of carbonyl (C=O) groups excluding carboxylic acids is 3. The van der Waals surface area contributed by atoms with Gasteiger partial charge in [0.1, 0.15) is 13.2 Å². The number of esters is 3. The fraction of sp³-hybridized carbons (Fsp3) is 0.822. The zero-order valence-electron chi connectivity index (χ0n) is 52.9. The van der Waals surface area contributed by atoms with Crippen molar-refractivity contribution in [3.05, 3.63) is 60.8 Å². The summed E-state index contributed by atoms with van der Waals surface area (Å²) in [4.78, 5) is 38.5. The lowest BCUT2D eigenvalue weighted by atomic mass is 10.1. The molecule has 0 fully saturated rings. The van der Waals surface area contributed by atoms with E-state index >= 15 is 0 Å². The van der Waals surface area contributed by atoms with E-state index in [1.54, 1.807) is 0 Å². The van der Waals surface area contributed by atoms with Gasteiger partial charge in [0, 0.05) is 19.3 Å². The van der Waals surface area contributed by atoms with E-state index in [0.717, 1.165) is 77.0 Å². The zero-order chi connectivity index (χ0) is 57.1. The Hall–Kier alpha value is -2.89. The van der Waals surface area contributed by atoms with Gasteiger partial charge in [-0.2, -0.15) is 0 Å². The van der Waals surface area contributed by atoms with Crippen LogP contribution in [-0.4, -0.2) is 37.2 Å². The van der Waals surface area contributed by atoms with Crippen molar-refractivity contribution in [1.82, 2.24) is 0 Å². The van der Waals surface area contributed by atoms with Gasteiger partial charge < -0.3 is 14.2 Å². The third kappa shape index (κ3) is 65.8. The van der Waals surface area contributed by atoms with Crippen molar-refractivity contribution < 1.29 is 28.6 Å². The molecule has 0 aromatic heterocycles. The fourth-order valence-corrected chi connectivity index (χ4v) is 10.2. The Balaban J connectivity index is 4.36. The van der Waals surface area contributed by atoms with Crippen LogP contribution in [-0.2, 0) is 28.6 Å². The standard InChI is InChI=1S/C73H132O6/c1-4-7-10-13-16-19-22-25-28-31-33-35-36-38-39-42-45-48-51-54-57-60-63-66-72(75)78-69-70(68-77-71(74)65-62-59-56-53-50-47-44-41-30-27-24-21-18-15-12-9-6-3)79-73(76)67-64-61-58-55-52-49-46-43-40-37-34-32-29-26-23-20-17-14-11-8-5-2/h22,25,27,30-34,36,38,70H,4-21,23-24,26,28-29,35,37,39-69H2,1-3H3/b25-22-,30-27-,33-31-,34-32-,38-36-. The average molecular weight is 1110 g/mol. The Morgan fingerprint density at radius 1 is 0.253 bits per heavy atom. The molecule has 0 aliphatic heterocycles. The van der Waals surface area contributed by atoms with E-state index < -0.39 is 6.10 Å². The summed E-state index contributed by atoms with van der Waals surface area (Å²) in [7, 11) is 0. The van der Waals surface area contributed by atoms with Crippen LogP contribution in [0.4, 0.5) is 0 Å². The van der Waals surface area contributed by atoms with Crippen LogP contribution in [0.25, 0.3) is 0 Å². The van der Waals surface area contributed by atoms with Crippen LogP contribution < -0.4 is 0 Å². The van der Waals surface area contributed by atoms with Crippen molar-refractivity contribution in [1.29, 1.82) is 0 Å². The van der Waals surface area contributed by atoms with Crippen LogP contribution in [0.2, 0.25) is 0 Å². The summed E-state index contributed by atoms with van der Waals surface area (Å²) in [5.41, 5.74) is 0. The summed E-state index contributed by atoms with van der Waals surface area (Å²) in [5.74, 6) is -0.869. The van der Waals surface area contributed by atoms with Crippen molar-refractivity contribution in [2.75, 3.05) is 13.2 Å². The first kappa shape index (κ1) is 76.1. The summed E-state index contributed by atoms with van der Waals surface area (Å²) in [6.07, 6.45) is 86.6. The molecule has 0 aromatic carbocycles. The maximum Gasteiger partial charge on any atom is 0.306 e. The highest BCUT2D eigenvalue weighted by Gasteiger charge is 2.19. The molecule has 0 aromatic rings. The van der Waals surface area contributed by atoms with E-state index in [2.05, 4.69) is 81.5 Å². The lowest BCUT2D eigenvalue weighted by Gasteiger charge is -2.18. The first-order valence-electron chi connectivity index (χ1n) is 34.8. The second kappa shape index (κ2) is 67.6. The molecule has 79 heavy (non-hydrogen) atoms. The van der Waals surface area contributed by atoms with Crippen LogP contribution in [0.15, 0.2) is 60.8 Å². The van der Waals surface area contributed by atoms with Crippen molar-refractivity contribution in [2.45, 2.75) is 374 Å². The summed E-state index contributed by atoms with van der Waals surface area (Å²) >= 11 is 0. The molecule has 0 saturated heterocycles. The van der Waals surface area contributed by atoms with Crippen molar-refractivity contribution in [3.63, 3.8) is 0 Å². The Labute approximate surface area is 491 Å². The number of hydrogen-bond donors (Lipinski definition) is 0. The molecule has 460 valence electrons. The van der Waals surface area contributed by atoms with Gasteiger partial charge in [0.2, 0.25) is 0 Å². The molecular weight excluding hydrogens is 973 g/mol. The molecule has 0 amide bonds. The van der Waals surface area contributed by atoms with E-state index in [1.807, 2.05) is 0 Å². The zero-order valence-corrected chi connectivity index (χ0v) is 52.9. The van der Waals surface area contributed by atoms with Crippen LogP contribution >= 0.6 is 0 Å². The Bertz CT molecular complexity index is 1410. The molecule has 0 bridgehead atoms. The smallest absolute Gasteiger partial charge is 0.306 e. The summed E-state index contributed by atoms with van der Waals surface area (Å²) in [6.45, 7) is 6.67. The quantitative estimate of drug-likeness (QED) is 0.0261. The molecule has 1 atom stereocenters. The second-order valence-corrected chi connectivity index (χ2v) is 23.4. The predicted octanol–water partition coefficient (Wildman–Crippen LogP) is 23.9. The highest BCUT2D eigenvalue weighted by Crippen LogP contribution is 2.17. The molecule has 0 saturated carbocycles. The van der Waals surface area contributed by atoms with E-state index in [0.29, 0.717) is 19.3 Å². The molecule has 6 nitrogen and oxygen atoms in total. The summed E-state index contributed by atoms with van der Waals surface area (Å²) in [6, 6.07) is 0. The third-order valence-corrected chi connectivity index (χ3v) is 15.5. The van der Waals surface area contributed by atoms with Crippen LogP contribution in [0, 0.1) is 0 Å². The van der Waals surface area contributed by atoms with Crippen LogP contribution in [0.5, 0.6) is 0 Å². The largest absolute Gasteiger partial charge is 0.462 e. The van der Waals surface area contributed by atoms with Gasteiger partial charge in [-0.05, 0) is 109 Å². The fourth-order valence-electron chi connectivity index (χ4n) is 10.2. The van der Waals surface area contributed by atoms with Crippen molar-refractivity contribution in [3.8, 4) is 0 Å². The lowest BCUT2D eigenvalue weighted by molar-refractivity contribution is -0.167. The number of ether oxygens (including phenoxy) is 3. The normalized spacial score (nSPS) is 12.4. The summed E-state index contributed by atoms with van der Waals surface area (Å²) in [5, 5.41) is 0. The van der Waals surface area contributed by atoms with Gasteiger partial charge in [-0.15, -0.1) is 0 Å². The van der Waals surface area contributed by atoms with E-state index in [9.17, 15) is 14.4 Å². The minimum absolute atomic E-state index is 0.0774. The van der Waals surface area contributed by atoms with Gasteiger partial charge >= 0.3 is 17.9 Å². The molecule has 0 spiro atoms. The first-order valence-corrected chi connectivity index (χ1v) is 34.8. The number of unbranched alkanes of at least 4 members (excludes halogenated alkanes) is 43. The Morgan fingerprint density at radius 2 is 0.456 bits per heavy atom. The molecule has 0 heterocycles. The molecule has 0 aliphatic carbocycles. The molecule has 1 unspecified atom stereocenters. The molecule has 6 heteroatoms. The van der Waals surface area contributed by atoms with Gasteiger partial charge in [-0.1, -0.05) is 300 Å². The lowest BCUT2D eigenvalue weighted by Crippen LogP contribution is -2.30. The van der Waals surface area contributed by atoms with Gasteiger partial charge in [-0.25, -0.2) is 0 Å². The first-order chi connectivity index (χ1) is 39.0. The minimum atomic E-state index is -0.782. The average Bonchev–Trinajstić information content (AvgIpc) is 3.45. The topological polar surface area (TPSA) is 78.9 Å². The van der Waals surface area contributed by atoms with E-state index in [1.165, 1.54) is 250 Å². The SMILES string of the molecule is CCCCCCC/C=C\C/C=C\C/C=C\CCCCCCCCCCC(=O)OCC(COC(=O)CCCCCCCCC/C=C\CCCCCCCC)OC(=O)CCCCCCCCCCC/C=C\CCCCCCCCCC. The number of carbonyl (C=O) groups is 3. The molecule has 0 aliphatic rings. The molecule has 0 rings (SSSR count). The van der Waals surface area contributed by atoms with Crippen molar-refractivity contribution in [2.24, 2.45) is 0 Å². The number of allylic oxidation sites excluding steroid dienone is 10. The number of rotatable bonds is 64. The Kier molecular flexibility index (Phi) is 65.1. The van der Waals surface area contributed by atoms with E-state index in [4.69, 9.17) is 14.2 Å². The number of hydrogen-bond acceptors (Lipinski definition) is 6. The van der Waals surface area contributed by atoms with Gasteiger partial charge in [0.15, 0.2) is 6.10 Å². The maximum atomic E-state index is 13.0. The predicted molar refractivity (Wildman–Crippen MR) is 344 cm³/mol. The highest BCUT2D eigenvalue weighted by molar-refractivity contribution is 5.71.